The molecule has 0 saturated heterocycles. The minimum absolute atomic E-state index is 0.249. The highest BCUT2D eigenvalue weighted by Crippen LogP contribution is 2.26. The third kappa shape index (κ3) is 2.34. The maximum atomic E-state index is 10.1. The molecule has 1 N–H and O–H groups in total. The number of hydrogen-bond acceptors (Lipinski definition) is 1. The second-order valence-corrected chi connectivity index (χ2v) is 5.23. The van der Waals surface area contributed by atoms with Crippen LogP contribution in [0.2, 0.25) is 0 Å². The van der Waals surface area contributed by atoms with Crippen LogP contribution in [-0.4, -0.2) is 5.11 Å². The molecule has 0 bridgehead atoms. The number of aliphatic hydroxyl groups is 1. The Morgan fingerprint density at radius 3 is 2.06 bits per heavy atom. The summed E-state index contributed by atoms with van der Waals surface area (Å²) in [5, 5.41) is 12.5. The molecule has 0 aliphatic heterocycles. The van der Waals surface area contributed by atoms with Crippen LogP contribution < -0.4 is 0 Å². The highest BCUT2D eigenvalue weighted by Gasteiger charge is 2.12. The summed E-state index contributed by atoms with van der Waals surface area (Å²) in [6.45, 7) is 8.33. The zero-order valence-corrected chi connectivity index (χ0v) is 11.0. The van der Waals surface area contributed by atoms with Crippen molar-refractivity contribution in [3.8, 4) is 0 Å². The lowest BCUT2D eigenvalue weighted by Gasteiger charge is -2.15. The normalized spacial score (nSPS) is 13.3. The standard InChI is InChI=1S/C16H20O/c1-10(2)16(17)14-6-5-13-7-11(3)12(4)8-15(13)9-14/h5-10,16-17H,1-4H3. The molecule has 0 saturated carbocycles. The highest BCUT2D eigenvalue weighted by atomic mass is 16.3. The molecule has 0 fully saturated rings. The monoisotopic (exact) mass is 228 g/mol. The van der Waals surface area contributed by atoms with Crippen LogP contribution >= 0.6 is 0 Å². The van der Waals surface area contributed by atoms with Crippen molar-refractivity contribution in [3.63, 3.8) is 0 Å². The summed E-state index contributed by atoms with van der Waals surface area (Å²) in [5.41, 5.74) is 3.62. The van der Waals surface area contributed by atoms with Crippen molar-refractivity contribution in [1.29, 1.82) is 0 Å². The summed E-state index contributed by atoms with van der Waals surface area (Å²) in [7, 11) is 0. The zero-order valence-electron chi connectivity index (χ0n) is 11.0. The van der Waals surface area contributed by atoms with Crippen molar-refractivity contribution < 1.29 is 5.11 Å². The molecule has 0 spiro atoms. The van der Waals surface area contributed by atoms with E-state index < -0.39 is 0 Å². The maximum absolute atomic E-state index is 10.1. The number of hydrogen-bond donors (Lipinski definition) is 1. The van der Waals surface area contributed by atoms with E-state index in [9.17, 15) is 5.11 Å². The van der Waals surface area contributed by atoms with Crippen molar-refractivity contribution in [2.24, 2.45) is 5.92 Å². The molecular formula is C16H20O. The van der Waals surface area contributed by atoms with E-state index in [1.54, 1.807) is 0 Å². The van der Waals surface area contributed by atoms with E-state index in [1.807, 2.05) is 19.9 Å². The second-order valence-electron chi connectivity index (χ2n) is 5.23. The molecule has 1 nitrogen and oxygen atoms in total. The van der Waals surface area contributed by atoms with Gasteiger partial charge in [-0.25, -0.2) is 0 Å². The minimum atomic E-state index is -0.374. The van der Waals surface area contributed by atoms with Gasteiger partial charge < -0.3 is 5.11 Å². The molecule has 2 rings (SSSR count). The molecule has 1 unspecified atom stereocenters. The van der Waals surface area contributed by atoms with Crippen LogP contribution in [0.15, 0.2) is 30.3 Å². The molecule has 2 aromatic carbocycles. The van der Waals surface area contributed by atoms with Gasteiger partial charge in [-0.05, 0) is 53.3 Å². The number of aryl methyl sites for hydroxylation is 2. The molecule has 17 heavy (non-hydrogen) atoms. The Kier molecular flexibility index (Phi) is 3.21. The van der Waals surface area contributed by atoms with Crippen molar-refractivity contribution >= 4 is 10.8 Å². The molecule has 90 valence electrons. The first-order valence-corrected chi connectivity index (χ1v) is 6.18. The smallest absolute Gasteiger partial charge is 0.0813 e. The molecular weight excluding hydrogens is 208 g/mol. The van der Waals surface area contributed by atoms with Crippen LogP contribution in [0.25, 0.3) is 10.8 Å². The average Bonchev–Trinajstić information content (AvgIpc) is 2.29. The third-order valence-corrected chi connectivity index (χ3v) is 3.45. The molecule has 0 aliphatic carbocycles. The second kappa shape index (κ2) is 4.50. The van der Waals surface area contributed by atoms with Gasteiger partial charge in [-0.2, -0.15) is 0 Å². The predicted molar refractivity (Wildman–Crippen MR) is 73.2 cm³/mol. The Balaban J connectivity index is 2.54. The summed E-state index contributed by atoms with van der Waals surface area (Å²) in [5.74, 6) is 0.249. The Morgan fingerprint density at radius 2 is 1.47 bits per heavy atom. The fourth-order valence-electron chi connectivity index (χ4n) is 2.11. The maximum Gasteiger partial charge on any atom is 0.0813 e. The molecule has 0 aliphatic rings. The van der Waals surface area contributed by atoms with Gasteiger partial charge in [0.25, 0.3) is 0 Å². The summed E-state index contributed by atoms with van der Waals surface area (Å²) < 4.78 is 0. The summed E-state index contributed by atoms with van der Waals surface area (Å²) in [4.78, 5) is 0. The van der Waals surface area contributed by atoms with E-state index >= 15 is 0 Å². The molecule has 0 aromatic heterocycles. The number of benzene rings is 2. The summed E-state index contributed by atoms with van der Waals surface area (Å²) in [6, 6.07) is 10.6. The van der Waals surface area contributed by atoms with Crippen molar-refractivity contribution in [3.05, 3.63) is 47.0 Å². The van der Waals surface area contributed by atoms with E-state index in [0.29, 0.717) is 0 Å². The first-order chi connectivity index (χ1) is 7.99. The molecule has 1 heteroatoms. The average molecular weight is 228 g/mol. The fraction of sp³-hybridized carbons (Fsp3) is 0.375. The first-order valence-electron chi connectivity index (χ1n) is 6.18. The van der Waals surface area contributed by atoms with Crippen LogP contribution in [-0.2, 0) is 0 Å². The Bertz CT molecular complexity index is 540. The van der Waals surface area contributed by atoms with Gasteiger partial charge in [-0.15, -0.1) is 0 Å². The number of rotatable bonds is 2. The van der Waals surface area contributed by atoms with Crippen molar-refractivity contribution in [2.75, 3.05) is 0 Å². The van der Waals surface area contributed by atoms with Gasteiger partial charge >= 0.3 is 0 Å². The first kappa shape index (κ1) is 12.1. The highest BCUT2D eigenvalue weighted by molar-refractivity contribution is 5.84. The van der Waals surface area contributed by atoms with Gasteiger partial charge in [0.05, 0.1) is 6.10 Å². The lowest BCUT2D eigenvalue weighted by atomic mass is 9.95. The van der Waals surface area contributed by atoms with E-state index in [-0.39, 0.29) is 12.0 Å². The van der Waals surface area contributed by atoms with Gasteiger partial charge in [-0.1, -0.05) is 38.1 Å². The van der Waals surface area contributed by atoms with Gasteiger partial charge in [0.1, 0.15) is 0 Å². The van der Waals surface area contributed by atoms with Crippen molar-refractivity contribution in [1.82, 2.24) is 0 Å². The Morgan fingerprint density at radius 1 is 0.882 bits per heavy atom. The van der Waals surface area contributed by atoms with Crippen LogP contribution in [0.3, 0.4) is 0 Å². The Labute approximate surface area is 103 Å². The third-order valence-electron chi connectivity index (χ3n) is 3.45. The van der Waals surface area contributed by atoms with Gasteiger partial charge in [0.2, 0.25) is 0 Å². The fourth-order valence-corrected chi connectivity index (χ4v) is 2.11. The SMILES string of the molecule is Cc1cc2ccc(C(O)C(C)C)cc2cc1C. The van der Waals surface area contributed by atoms with E-state index in [0.717, 1.165) is 5.56 Å². The predicted octanol–water partition coefficient (Wildman–Crippen LogP) is 4.15. The topological polar surface area (TPSA) is 20.2 Å². The van der Waals surface area contributed by atoms with Crippen LogP contribution in [0.5, 0.6) is 0 Å². The van der Waals surface area contributed by atoms with E-state index in [2.05, 4.69) is 38.1 Å². The van der Waals surface area contributed by atoms with Crippen LogP contribution in [0, 0.1) is 19.8 Å². The zero-order chi connectivity index (χ0) is 12.6. The van der Waals surface area contributed by atoms with Gasteiger partial charge in [0.15, 0.2) is 0 Å². The van der Waals surface area contributed by atoms with Crippen LogP contribution in [0.1, 0.15) is 36.6 Å². The van der Waals surface area contributed by atoms with Gasteiger partial charge in [0, 0.05) is 0 Å². The molecule has 0 amide bonds. The van der Waals surface area contributed by atoms with Gasteiger partial charge in [-0.3, -0.25) is 0 Å². The minimum Gasteiger partial charge on any atom is -0.388 e. The number of fused-ring (bicyclic) bond motifs is 1. The molecule has 0 heterocycles. The summed E-state index contributed by atoms with van der Waals surface area (Å²) >= 11 is 0. The van der Waals surface area contributed by atoms with E-state index in [4.69, 9.17) is 0 Å². The number of aliphatic hydroxyl groups excluding tert-OH is 1. The van der Waals surface area contributed by atoms with E-state index in [1.165, 1.54) is 21.9 Å². The summed E-state index contributed by atoms with van der Waals surface area (Å²) in [6.07, 6.45) is -0.374. The Hall–Kier alpha value is -1.34. The molecule has 0 radical (unpaired) electrons. The molecule has 2 aromatic rings. The lowest BCUT2D eigenvalue weighted by Crippen LogP contribution is -2.05. The quantitative estimate of drug-likeness (QED) is 0.818. The molecule has 1 atom stereocenters. The lowest BCUT2D eigenvalue weighted by molar-refractivity contribution is 0.127. The van der Waals surface area contributed by atoms with Crippen molar-refractivity contribution in [2.45, 2.75) is 33.8 Å². The largest absolute Gasteiger partial charge is 0.388 e. The van der Waals surface area contributed by atoms with Crippen LogP contribution in [0.4, 0.5) is 0 Å².